The highest BCUT2D eigenvalue weighted by atomic mass is 16.2. The van der Waals surface area contributed by atoms with E-state index in [1.165, 1.54) is 0 Å². The van der Waals surface area contributed by atoms with Crippen molar-refractivity contribution in [3.05, 3.63) is 0 Å². The number of urea groups is 1. The van der Waals surface area contributed by atoms with E-state index < -0.39 is 0 Å². The minimum atomic E-state index is -0.0214. The summed E-state index contributed by atoms with van der Waals surface area (Å²) in [5, 5.41) is 0. The Morgan fingerprint density at radius 2 is 2.00 bits per heavy atom. The molecule has 0 rings (SSSR count). The molecule has 0 saturated carbocycles. The van der Waals surface area contributed by atoms with Gasteiger partial charge in [-0.3, -0.25) is 0 Å². The molecule has 0 aliphatic heterocycles. The first kappa shape index (κ1) is 11.2. The summed E-state index contributed by atoms with van der Waals surface area (Å²) >= 11 is 0. The molecule has 0 saturated heterocycles. The van der Waals surface area contributed by atoms with Gasteiger partial charge < -0.3 is 15.5 Å². The molecule has 4 nitrogen and oxygen atoms in total. The van der Waals surface area contributed by atoms with Crippen molar-refractivity contribution in [2.24, 2.45) is 5.73 Å². The largest absolute Gasteiger partial charge is 0.331 e. The van der Waals surface area contributed by atoms with Crippen LogP contribution in [0.25, 0.3) is 0 Å². The Morgan fingerprint density at radius 3 is 2.25 bits per heavy atom. The molecule has 0 bridgehead atoms. The van der Waals surface area contributed by atoms with Crippen LogP contribution in [0.5, 0.6) is 0 Å². The summed E-state index contributed by atoms with van der Waals surface area (Å²) < 4.78 is 0. The first-order valence-electron chi connectivity index (χ1n) is 4.22. The molecule has 1 unspecified atom stereocenters. The molecule has 72 valence electrons. The normalized spacial score (nSPS) is 12.4. The van der Waals surface area contributed by atoms with Crippen LogP contribution in [0.15, 0.2) is 0 Å². The Hall–Kier alpha value is -0.770. The fraction of sp³-hybridized carbons (Fsp3) is 0.875. The molecule has 0 radical (unpaired) electrons. The van der Waals surface area contributed by atoms with Gasteiger partial charge in [-0.1, -0.05) is 6.92 Å². The van der Waals surface area contributed by atoms with E-state index in [2.05, 4.69) is 0 Å². The molecule has 0 spiro atoms. The predicted molar refractivity (Wildman–Crippen MR) is 49.7 cm³/mol. The summed E-state index contributed by atoms with van der Waals surface area (Å²) in [5.41, 5.74) is 5.47. The summed E-state index contributed by atoms with van der Waals surface area (Å²) in [6, 6.07) is 0.191. The Labute approximate surface area is 74.3 Å². The van der Waals surface area contributed by atoms with E-state index in [0.717, 1.165) is 6.42 Å². The highest BCUT2D eigenvalue weighted by Gasteiger charge is 2.18. The lowest BCUT2D eigenvalue weighted by molar-refractivity contribution is 0.153. The van der Waals surface area contributed by atoms with Crippen LogP contribution in [-0.4, -0.2) is 42.6 Å². The number of hydrogen-bond donors (Lipinski definition) is 1. The molecule has 2 amide bonds. The van der Waals surface area contributed by atoms with E-state index in [4.69, 9.17) is 5.73 Å². The monoisotopic (exact) mass is 173 g/mol. The summed E-state index contributed by atoms with van der Waals surface area (Å²) in [5.74, 6) is 0. The van der Waals surface area contributed by atoms with Crippen LogP contribution in [0.2, 0.25) is 0 Å². The van der Waals surface area contributed by atoms with Crippen LogP contribution in [0.1, 0.15) is 20.3 Å². The zero-order valence-corrected chi connectivity index (χ0v) is 8.37. The Balaban J connectivity index is 4.24. The van der Waals surface area contributed by atoms with Crippen molar-refractivity contribution in [2.45, 2.75) is 26.3 Å². The summed E-state index contributed by atoms with van der Waals surface area (Å²) in [6.07, 6.45) is 0.927. The van der Waals surface area contributed by atoms with Crippen molar-refractivity contribution < 1.29 is 4.79 Å². The van der Waals surface area contributed by atoms with Crippen LogP contribution >= 0.6 is 0 Å². The maximum atomic E-state index is 11.4. The lowest BCUT2D eigenvalue weighted by Gasteiger charge is -2.29. The fourth-order valence-electron chi connectivity index (χ4n) is 0.924. The minimum absolute atomic E-state index is 0.0214. The maximum Gasteiger partial charge on any atom is 0.320 e. The summed E-state index contributed by atoms with van der Waals surface area (Å²) in [6.45, 7) is 4.32. The molecule has 0 aromatic carbocycles. The summed E-state index contributed by atoms with van der Waals surface area (Å²) in [7, 11) is 3.46. The van der Waals surface area contributed by atoms with Gasteiger partial charge in [-0.25, -0.2) is 4.79 Å². The minimum Gasteiger partial charge on any atom is -0.331 e. The van der Waals surface area contributed by atoms with E-state index in [9.17, 15) is 4.79 Å². The number of nitrogens with two attached hydrogens (primary N) is 1. The number of carbonyl (C=O) groups is 1. The van der Waals surface area contributed by atoms with Gasteiger partial charge in [0.25, 0.3) is 0 Å². The molecule has 4 heteroatoms. The number of amides is 2. The topological polar surface area (TPSA) is 49.6 Å². The third-order valence-corrected chi connectivity index (χ3v) is 1.95. The van der Waals surface area contributed by atoms with Gasteiger partial charge in [0, 0.05) is 20.1 Å². The van der Waals surface area contributed by atoms with Crippen LogP contribution in [-0.2, 0) is 0 Å². The van der Waals surface area contributed by atoms with Gasteiger partial charge in [-0.2, -0.15) is 0 Å². The van der Waals surface area contributed by atoms with Gasteiger partial charge in [-0.15, -0.1) is 0 Å². The molecule has 0 aromatic rings. The predicted octanol–water partition coefficient (Wildman–Crippen LogP) is 0.685. The SMILES string of the molecule is CCC(C)N(CN)C(=O)N(C)C. The van der Waals surface area contributed by atoms with Crippen LogP contribution < -0.4 is 5.73 Å². The molecular weight excluding hydrogens is 154 g/mol. The van der Waals surface area contributed by atoms with Crippen molar-refractivity contribution in [1.29, 1.82) is 0 Å². The lowest BCUT2D eigenvalue weighted by Crippen LogP contribution is -2.47. The van der Waals surface area contributed by atoms with Crippen molar-refractivity contribution in [3.8, 4) is 0 Å². The third kappa shape index (κ3) is 2.70. The van der Waals surface area contributed by atoms with E-state index in [-0.39, 0.29) is 18.7 Å². The Kier molecular flexibility index (Phi) is 4.66. The maximum absolute atomic E-state index is 11.4. The van der Waals surface area contributed by atoms with Gasteiger partial charge in [-0.05, 0) is 13.3 Å². The van der Waals surface area contributed by atoms with Gasteiger partial charge in [0.1, 0.15) is 0 Å². The Bertz CT molecular complexity index is 147. The zero-order chi connectivity index (χ0) is 9.72. The standard InChI is InChI=1S/C8H19N3O/c1-5-7(2)11(6-9)8(12)10(3)4/h7H,5-6,9H2,1-4H3. The molecule has 2 N–H and O–H groups in total. The summed E-state index contributed by atoms with van der Waals surface area (Å²) in [4.78, 5) is 14.6. The Morgan fingerprint density at radius 1 is 1.50 bits per heavy atom. The number of carbonyl (C=O) groups excluding carboxylic acids is 1. The molecule has 1 atom stereocenters. The van der Waals surface area contributed by atoms with E-state index >= 15 is 0 Å². The van der Waals surface area contributed by atoms with Crippen molar-refractivity contribution in [1.82, 2.24) is 9.80 Å². The van der Waals surface area contributed by atoms with Crippen LogP contribution in [0.3, 0.4) is 0 Å². The number of nitrogens with zero attached hydrogens (tertiary/aromatic N) is 2. The quantitative estimate of drug-likeness (QED) is 0.638. The van der Waals surface area contributed by atoms with E-state index in [1.807, 2.05) is 13.8 Å². The van der Waals surface area contributed by atoms with Crippen molar-refractivity contribution in [2.75, 3.05) is 20.8 Å². The van der Waals surface area contributed by atoms with Gasteiger partial charge in [0.15, 0.2) is 0 Å². The smallest absolute Gasteiger partial charge is 0.320 e. The van der Waals surface area contributed by atoms with Crippen molar-refractivity contribution in [3.63, 3.8) is 0 Å². The average molecular weight is 173 g/mol. The van der Waals surface area contributed by atoms with Crippen molar-refractivity contribution >= 4 is 6.03 Å². The molecule has 0 aliphatic rings. The highest BCUT2D eigenvalue weighted by Crippen LogP contribution is 2.03. The zero-order valence-electron chi connectivity index (χ0n) is 8.37. The van der Waals surface area contributed by atoms with E-state index in [1.54, 1.807) is 23.9 Å². The van der Waals surface area contributed by atoms with E-state index in [0.29, 0.717) is 0 Å². The second-order valence-electron chi connectivity index (χ2n) is 3.09. The second-order valence-corrected chi connectivity index (χ2v) is 3.09. The van der Waals surface area contributed by atoms with Crippen LogP contribution in [0, 0.1) is 0 Å². The molecule has 0 fully saturated rings. The second kappa shape index (κ2) is 4.98. The molecule has 0 heterocycles. The third-order valence-electron chi connectivity index (χ3n) is 1.95. The van der Waals surface area contributed by atoms with Gasteiger partial charge in [0.2, 0.25) is 0 Å². The molecule has 0 aliphatic carbocycles. The first-order valence-corrected chi connectivity index (χ1v) is 4.22. The average Bonchev–Trinajstić information content (AvgIpc) is 2.05. The molecular formula is C8H19N3O. The number of rotatable bonds is 3. The van der Waals surface area contributed by atoms with Gasteiger partial charge >= 0.3 is 6.03 Å². The number of hydrogen-bond acceptors (Lipinski definition) is 2. The fourth-order valence-corrected chi connectivity index (χ4v) is 0.924. The highest BCUT2D eigenvalue weighted by molar-refractivity contribution is 5.74. The molecule has 12 heavy (non-hydrogen) atoms. The van der Waals surface area contributed by atoms with Crippen LogP contribution in [0.4, 0.5) is 4.79 Å². The first-order chi connectivity index (χ1) is 5.54. The lowest BCUT2D eigenvalue weighted by atomic mass is 10.2. The molecule has 0 aromatic heterocycles. The van der Waals surface area contributed by atoms with Gasteiger partial charge in [0.05, 0.1) is 6.67 Å².